The molecule has 0 aliphatic carbocycles. The summed E-state index contributed by atoms with van der Waals surface area (Å²) in [5.41, 5.74) is 8.96. The zero-order valence-corrected chi connectivity index (χ0v) is 21.2. The lowest BCUT2D eigenvalue weighted by Gasteiger charge is -2.22. The van der Waals surface area contributed by atoms with Crippen molar-refractivity contribution in [3.63, 3.8) is 0 Å². The van der Waals surface area contributed by atoms with E-state index in [0.717, 1.165) is 21.9 Å². The third kappa shape index (κ3) is 5.36. The van der Waals surface area contributed by atoms with E-state index in [2.05, 4.69) is 10.3 Å². The third-order valence-electron chi connectivity index (χ3n) is 6.44. The lowest BCUT2D eigenvalue weighted by Crippen LogP contribution is -2.35. The van der Waals surface area contributed by atoms with Crippen molar-refractivity contribution < 1.29 is 17.9 Å². The average molecular weight is 517 g/mol. The van der Waals surface area contributed by atoms with Crippen molar-refractivity contribution in [1.82, 2.24) is 4.98 Å². The van der Waals surface area contributed by atoms with Crippen LogP contribution in [-0.4, -0.2) is 37.7 Å². The Bertz CT molecular complexity index is 1560. The van der Waals surface area contributed by atoms with Crippen LogP contribution < -0.4 is 20.1 Å². The molecule has 3 aromatic carbocycles. The van der Waals surface area contributed by atoms with Crippen LogP contribution in [0.3, 0.4) is 0 Å². The number of fused-ring (bicyclic) bond motifs is 1. The van der Waals surface area contributed by atoms with Gasteiger partial charge in [-0.15, -0.1) is 0 Å². The zero-order valence-electron chi connectivity index (χ0n) is 20.4. The molecule has 0 radical (unpaired) electrons. The van der Waals surface area contributed by atoms with Crippen molar-refractivity contribution in [2.45, 2.75) is 25.9 Å². The Labute approximate surface area is 216 Å². The fourth-order valence-electron chi connectivity index (χ4n) is 4.57. The van der Waals surface area contributed by atoms with Gasteiger partial charge in [-0.2, -0.15) is 0 Å². The maximum atomic E-state index is 13.4. The number of hydrogen-bond donors (Lipinski definition) is 2. The van der Waals surface area contributed by atoms with Gasteiger partial charge in [0.05, 0.1) is 11.4 Å². The van der Waals surface area contributed by atoms with Crippen LogP contribution in [0.4, 0.5) is 17.2 Å². The van der Waals surface area contributed by atoms with E-state index in [9.17, 15) is 13.2 Å². The fraction of sp³-hybridized carbons (Fsp3) is 0.214. The number of ether oxygens (including phenoxy) is 1. The summed E-state index contributed by atoms with van der Waals surface area (Å²) >= 11 is 0. The van der Waals surface area contributed by atoms with Crippen LogP contribution in [0, 0.1) is 6.92 Å². The number of anilines is 3. The first kappa shape index (κ1) is 24.6. The molecule has 0 saturated carbocycles. The molecule has 0 bridgehead atoms. The van der Waals surface area contributed by atoms with Crippen molar-refractivity contribution in [2.24, 2.45) is 0 Å². The molecule has 1 unspecified atom stereocenters. The van der Waals surface area contributed by atoms with Crippen LogP contribution in [0.5, 0.6) is 5.75 Å². The molecule has 1 amide bonds. The predicted molar refractivity (Wildman–Crippen MR) is 146 cm³/mol. The number of benzene rings is 3. The number of sulfonamides is 1. The fourth-order valence-corrected chi connectivity index (χ4v) is 6.20. The minimum Gasteiger partial charge on any atom is -0.480 e. The number of carbonyl (C=O) groups is 1. The van der Waals surface area contributed by atoms with E-state index < -0.39 is 16.1 Å². The number of amides is 1. The lowest BCUT2D eigenvalue weighted by molar-refractivity contribution is -0.122. The van der Waals surface area contributed by atoms with Crippen molar-refractivity contribution in [3.8, 4) is 5.75 Å². The molecule has 1 aromatic heterocycles. The maximum Gasteiger partial charge on any atom is 0.265 e. The van der Waals surface area contributed by atoms with Gasteiger partial charge in [0, 0.05) is 30.2 Å². The quantitative estimate of drug-likeness (QED) is 0.379. The van der Waals surface area contributed by atoms with E-state index in [1.165, 1.54) is 4.31 Å². The van der Waals surface area contributed by atoms with Gasteiger partial charge in [-0.3, -0.25) is 9.10 Å². The van der Waals surface area contributed by atoms with Gasteiger partial charge in [0.1, 0.15) is 11.6 Å². The Morgan fingerprint density at radius 3 is 2.65 bits per heavy atom. The molecule has 5 rings (SSSR count). The molecule has 2 heterocycles. The van der Waals surface area contributed by atoms with Crippen LogP contribution in [0.1, 0.15) is 17.5 Å². The molecular formula is C28H28N4O4S. The van der Waals surface area contributed by atoms with Gasteiger partial charge < -0.3 is 15.8 Å². The Balaban J connectivity index is 1.39. The van der Waals surface area contributed by atoms with Crippen molar-refractivity contribution in [1.29, 1.82) is 0 Å². The summed E-state index contributed by atoms with van der Waals surface area (Å²) in [4.78, 5) is 17.6. The normalized spacial score (nSPS) is 15.4. The second-order valence-corrected chi connectivity index (χ2v) is 11.1. The molecule has 37 heavy (non-hydrogen) atoms. The van der Waals surface area contributed by atoms with Crippen molar-refractivity contribution in [3.05, 3.63) is 90.1 Å². The molecule has 1 aliphatic rings. The van der Waals surface area contributed by atoms with Crippen molar-refractivity contribution in [2.75, 3.05) is 27.7 Å². The summed E-state index contributed by atoms with van der Waals surface area (Å²) in [6.07, 6.45) is 1.79. The molecule has 1 atom stereocenters. The highest BCUT2D eigenvalue weighted by atomic mass is 32.2. The Kier molecular flexibility index (Phi) is 6.71. The predicted octanol–water partition coefficient (Wildman–Crippen LogP) is 4.29. The number of nitrogens with zero attached hydrogens (tertiary/aromatic N) is 2. The molecule has 190 valence electrons. The molecule has 1 aliphatic heterocycles. The van der Waals surface area contributed by atoms with Crippen LogP contribution in [-0.2, 0) is 21.2 Å². The van der Waals surface area contributed by atoms with E-state index in [-0.39, 0.29) is 11.7 Å². The van der Waals surface area contributed by atoms with Gasteiger partial charge in [0.2, 0.25) is 10.0 Å². The minimum absolute atomic E-state index is 0.153. The monoisotopic (exact) mass is 516 g/mol. The molecule has 1 fully saturated rings. The van der Waals surface area contributed by atoms with E-state index in [1.807, 2.05) is 55.5 Å². The Hall–Kier alpha value is -4.11. The highest BCUT2D eigenvalue weighted by Crippen LogP contribution is 2.30. The number of hydrogen-bond acceptors (Lipinski definition) is 6. The topological polar surface area (TPSA) is 115 Å². The number of nitrogens with two attached hydrogens (primary N) is 1. The number of aromatic nitrogens is 1. The van der Waals surface area contributed by atoms with Gasteiger partial charge in [-0.1, -0.05) is 36.4 Å². The summed E-state index contributed by atoms with van der Waals surface area (Å²) in [6.45, 7) is 2.30. The number of carbonyl (C=O) groups excluding carboxylic acids is 1. The lowest BCUT2D eigenvalue weighted by atomic mass is 10.1. The first-order chi connectivity index (χ1) is 17.8. The highest BCUT2D eigenvalue weighted by molar-refractivity contribution is 7.93. The molecular weight excluding hydrogens is 488 g/mol. The van der Waals surface area contributed by atoms with Crippen molar-refractivity contribution >= 4 is 43.9 Å². The van der Waals surface area contributed by atoms with Gasteiger partial charge in [0.15, 0.2) is 6.10 Å². The summed E-state index contributed by atoms with van der Waals surface area (Å²) in [7, 11) is -3.29. The number of nitrogens with one attached hydrogen (secondary N) is 1. The summed E-state index contributed by atoms with van der Waals surface area (Å²) in [5, 5.41) is 4.62. The molecule has 3 N–H and O–H groups in total. The van der Waals surface area contributed by atoms with Crippen LogP contribution >= 0.6 is 0 Å². The Morgan fingerprint density at radius 1 is 1.11 bits per heavy atom. The summed E-state index contributed by atoms with van der Waals surface area (Å²) in [5.74, 6) is 0.737. The van der Waals surface area contributed by atoms with E-state index in [0.29, 0.717) is 42.3 Å². The maximum absolute atomic E-state index is 13.4. The first-order valence-electron chi connectivity index (χ1n) is 12.1. The van der Waals surface area contributed by atoms with E-state index in [4.69, 9.17) is 10.5 Å². The first-order valence-corrected chi connectivity index (χ1v) is 13.7. The summed E-state index contributed by atoms with van der Waals surface area (Å²) in [6, 6.07) is 22.2. The minimum atomic E-state index is -3.29. The van der Waals surface area contributed by atoms with E-state index >= 15 is 0 Å². The second-order valence-electron chi connectivity index (χ2n) is 9.11. The zero-order chi connectivity index (χ0) is 26.0. The number of pyridine rings is 1. The van der Waals surface area contributed by atoms with Gasteiger partial charge >= 0.3 is 0 Å². The number of aryl methyl sites for hydroxylation is 1. The summed E-state index contributed by atoms with van der Waals surface area (Å²) < 4.78 is 32.3. The average Bonchev–Trinajstić information content (AvgIpc) is 3.23. The largest absolute Gasteiger partial charge is 0.480 e. The standard InChI is InChI=1S/C28H28N4O4S/c1-19-16-22(9-11-25(19)32-14-5-15-37(32,34)35)31-28(33)26(17-20-6-3-2-4-7-20)36-23-10-8-21-12-13-30-27(29)24(21)18-23/h2-4,6-13,16,18,26H,5,14-15,17H2,1H3,(H2,29,30)(H,31,33). The molecule has 8 nitrogen and oxygen atoms in total. The highest BCUT2D eigenvalue weighted by Gasteiger charge is 2.29. The number of rotatable bonds is 7. The molecule has 1 saturated heterocycles. The molecule has 9 heteroatoms. The number of nitrogen functional groups attached to an aromatic ring is 1. The third-order valence-corrected chi connectivity index (χ3v) is 8.29. The van der Waals surface area contributed by atoms with Crippen LogP contribution in [0.25, 0.3) is 10.8 Å². The van der Waals surface area contributed by atoms with Crippen LogP contribution in [0.15, 0.2) is 79.0 Å². The smallest absolute Gasteiger partial charge is 0.265 e. The Morgan fingerprint density at radius 2 is 1.92 bits per heavy atom. The SMILES string of the molecule is Cc1cc(NC(=O)C(Cc2ccccc2)Oc2ccc3ccnc(N)c3c2)ccc1N1CCCS1(=O)=O. The van der Waals surface area contributed by atoms with Gasteiger partial charge in [-0.25, -0.2) is 13.4 Å². The second kappa shape index (κ2) is 10.1. The molecule has 4 aromatic rings. The van der Waals surface area contributed by atoms with Gasteiger partial charge in [0.25, 0.3) is 5.91 Å². The molecule has 0 spiro atoms. The van der Waals surface area contributed by atoms with Gasteiger partial charge in [-0.05, 0) is 66.3 Å². The van der Waals surface area contributed by atoms with Crippen LogP contribution in [0.2, 0.25) is 0 Å². The van der Waals surface area contributed by atoms with E-state index in [1.54, 1.807) is 30.5 Å².